The number of benzene rings is 1. The minimum absolute atomic E-state index is 0.373. The van der Waals surface area contributed by atoms with E-state index in [1.165, 1.54) is 7.11 Å². The number of carbonyl (C=O) groups is 1. The second-order valence-electron chi connectivity index (χ2n) is 2.69. The quantitative estimate of drug-likeness (QED) is 0.608. The molecule has 0 bridgehead atoms. The fourth-order valence-corrected chi connectivity index (χ4v) is 1.26. The fourth-order valence-electron chi connectivity index (χ4n) is 1.03. The van der Waals surface area contributed by atoms with Crippen molar-refractivity contribution in [2.24, 2.45) is 0 Å². The largest absolute Gasteiger partial charge is 0.465 e. The normalized spacial score (nSPS) is 9.77. The van der Waals surface area contributed by atoms with E-state index in [2.05, 4.69) is 20.7 Å². The number of ether oxygens (including phenoxy) is 1. The van der Waals surface area contributed by atoms with Crippen molar-refractivity contribution >= 4 is 27.6 Å². The SMILES string of the molecule is COC(=O)c1cc(C)c(Br)c(N)c1. The monoisotopic (exact) mass is 243 g/mol. The highest BCUT2D eigenvalue weighted by atomic mass is 79.9. The molecule has 0 aromatic heterocycles. The number of esters is 1. The minimum atomic E-state index is -0.373. The van der Waals surface area contributed by atoms with Gasteiger partial charge >= 0.3 is 5.97 Å². The zero-order chi connectivity index (χ0) is 10.0. The highest BCUT2D eigenvalue weighted by molar-refractivity contribution is 9.10. The molecule has 0 atom stereocenters. The molecule has 3 nitrogen and oxygen atoms in total. The Labute approximate surface area is 85.0 Å². The summed E-state index contributed by atoms with van der Waals surface area (Å²) in [6.45, 7) is 1.87. The lowest BCUT2D eigenvalue weighted by molar-refractivity contribution is 0.0600. The van der Waals surface area contributed by atoms with Crippen LogP contribution in [0.15, 0.2) is 16.6 Å². The number of methoxy groups -OCH3 is 1. The number of carbonyl (C=O) groups excluding carboxylic acids is 1. The van der Waals surface area contributed by atoms with E-state index in [-0.39, 0.29) is 5.97 Å². The maximum Gasteiger partial charge on any atom is 0.337 e. The molecular weight excluding hydrogens is 234 g/mol. The van der Waals surface area contributed by atoms with Gasteiger partial charge in [-0.1, -0.05) is 0 Å². The molecule has 0 amide bonds. The van der Waals surface area contributed by atoms with Gasteiger partial charge in [0.2, 0.25) is 0 Å². The van der Waals surface area contributed by atoms with Crippen LogP contribution in [0.3, 0.4) is 0 Å². The summed E-state index contributed by atoms with van der Waals surface area (Å²) in [6, 6.07) is 3.31. The van der Waals surface area contributed by atoms with E-state index < -0.39 is 0 Å². The molecule has 1 rings (SSSR count). The van der Waals surface area contributed by atoms with E-state index in [0.29, 0.717) is 11.3 Å². The average molecular weight is 244 g/mol. The summed E-state index contributed by atoms with van der Waals surface area (Å²) in [5.74, 6) is -0.373. The molecule has 13 heavy (non-hydrogen) atoms. The Kier molecular flexibility index (Phi) is 2.93. The second-order valence-corrected chi connectivity index (χ2v) is 3.48. The number of hydrogen-bond donors (Lipinski definition) is 1. The van der Waals surface area contributed by atoms with Gasteiger partial charge in [0, 0.05) is 10.2 Å². The van der Waals surface area contributed by atoms with Crippen LogP contribution in [0.1, 0.15) is 15.9 Å². The average Bonchev–Trinajstić information content (AvgIpc) is 2.12. The third kappa shape index (κ3) is 2.01. The molecule has 0 fully saturated rings. The highest BCUT2D eigenvalue weighted by Gasteiger charge is 2.09. The number of nitrogens with two attached hydrogens (primary N) is 1. The Bertz CT molecular complexity index is 326. The van der Waals surface area contributed by atoms with Crippen molar-refractivity contribution in [2.45, 2.75) is 6.92 Å². The van der Waals surface area contributed by atoms with Gasteiger partial charge in [-0.15, -0.1) is 0 Å². The molecule has 0 saturated carbocycles. The molecule has 0 heterocycles. The van der Waals surface area contributed by atoms with Crippen molar-refractivity contribution < 1.29 is 9.53 Å². The number of anilines is 1. The summed E-state index contributed by atoms with van der Waals surface area (Å²) < 4.78 is 5.40. The van der Waals surface area contributed by atoms with Crippen molar-refractivity contribution in [1.29, 1.82) is 0 Å². The van der Waals surface area contributed by atoms with Crippen molar-refractivity contribution in [3.63, 3.8) is 0 Å². The standard InChI is InChI=1S/C9H10BrNO2/c1-5-3-6(9(12)13-2)4-7(11)8(5)10/h3-4H,11H2,1-2H3. The molecule has 0 unspecified atom stereocenters. The molecule has 0 aliphatic rings. The van der Waals surface area contributed by atoms with Gasteiger partial charge in [0.15, 0.2) is 0 Å². The summed E-state index contributed by atoms with van der Waals surface area (Å²) in [6.07, 6.45) is 0. The molecule has 1 aromatic rings. The van der Waals surface area contributed by atoms with Crippen molar-refractivity contribution in [2.75, 3.05) is 12.8 Å². The molecule has 4 heteroatoms. The zero-order valence-electron chi connectivity index (χ0n) is 7.43. The predicted molar refractivity (Wildman–Crippen MR) is 54.6 cm³/mol. The third-order valence-electron chi connectivity index (χ3n) is 1.70. The smallest absolute Gasteiger partial charge is 0.337 e. The molecule has 0 aliphatic carbocycles. The van der Waals surface area contributed by atoms with Gasteiger partial charge in [-0.3, -0.25) is 0 Å². The van der Waals surface area contributed by atoms with E-state index in [0.717, 1.165) is 10.0 Å². The lowest BCUT2D eigenvalue weighted by Crippen LogP contribution is -2.03. The van der Waals surface area contributed by atoms with Gasteiger partial charge in [0.25, 0.3) is 0 Å². The molecule has 0 radical (unpaired) electrons. The number of halogens is 1. The highest BCUT2D eigenvalue weighted by Crippen LogP contribution is 2.25. The van der Waals surface area contributed by atoms with Gasteiger partial charge in [0.05, 0.1) is 12.7 Å². The van der Waals surface area contributed by atoms with Crippen molar-refractivity contribution in [1.82, 2.24) is 0 Å². The topological polar surface area (TPSA) is 52.3 Å². The van der Waals surface area contributed by atoms with E-state index >= 15 is 0 Å². The molecule has 1 aromatic carbocycles. The van der Waals surface area contributed by atoms with E-state index in [1.807, 2.05) is 6.92 Å². The predicted octanol–water partition coefficient (Wildman–Crippen LogP) is 2.13. The van der Waals surface area contributed by atoms with Crippen LogP contribution in [-0.4, -0.2) is 13.1 Å². The Hall–Kier alpha value is -1.03. The summed E-state index contributed by atoms with van der Waals surface area (Å²) in [7, 11) is 1.34. The number of hydrogen-bond acceptors (Lipinski definition) is 3. The third-order valence-corrected chi connectivity index (χ3v) is 2.79. The van der Waals surface area contributed by atoms with Crippen LogP contribution in [0.2, 0.25) is 0 Å². The van der Waals surface area contributed by atoms with Crippen LogP contribution in [0.4, 0.5) is 5.69 Å². The van der Waals surface area contributed by atoms with Crippen LogP contribution in [0.25, 0.3) is 0 Å². The summed E-state index contributed by atoms with van der Waals surface area (Å²) in [5.41, 5.74) is 7.59. The zero-order valence-corrected chi connectivity index (χ0v) is 9.01. The van der Waals surface area contributed by atoms with Gasteiger partial charge in [-0.25, -0.2) is 4.79 Å². The van der Waals surface area contributed by atoms with E-state index in [4.69, 9.17) is 5.73 Å². The van der Waals surface area contributed by atoms with Gasteiger partial charge in [-0.05, 0) is 40.5 Å². The molecule has 0 spiro atoms. The first-order chi connectivity index (χ1) is 6.06. The second kappa shape index (κ2) is 3.79. The molecule has 0 aliphatic heterocycles. The Morgan fingerprint density at radius 1 is 1.54 bits per heavy atom. The van der Waals surface area contributed by atoms with E-state index in [9.17, 15) is 4.79 Å². The minimum Gasteiger partial charge on any atom is -0.465 e. The lowest BCUT2D eigenvalue weighted by Gasteiger charge is -2.05. The molecular formula is C9H10BrNO2. The van der Waals surface area contributed by atoms with Crippen LogP contribution in [0.5, 0.6) is 0 Å². The maximum absolute atomic E-state index is 11.1. The maximum atomic E-state index is 11.1. The van der Waals surface area contributed by atoms with Gasteiger partial charge in [0.1, 0.15) is 0 Å². The number of nitrogen functional groups attached to an aromatic ring is 1. The van der Waals surface area contributed by atoms with Crippen LogP contribution < -0.4 is 5.73 Å². The summed E-state index contributed by atoms with van der Waals surface area (Å²) in [4.78, 5) is 11.1. The fraction of sp³-hybridized carbons (Fsp3) is 0.222. The van der Waals surface area contributed by atoms with Crippen LogP contribution in [-0.2, 0) is 4.74 Å². The Morgan fingerprint density at radius 2 is 2.15 bits per heavy atom. The number of aryl methyl sites for hydroxylation is 1. The molecule has 0 saturated heterocycles. The molecule has 2 N–H and O–H groups in total. The van der Waals surface area contributed by atoms with Gasteiger partial charge in [-0.2, -0.15) is 0 Å². The van der Waals surface area contributed by atoms with Crippen molar-refractivity contribution in [3.8, 4) is 0 Å². The summed E-state index contributed by atoms with van der Waals surface area (Å²) in [5, 5.41) is 0. The first kappa shape index (κ1) is 10.1. The lowest BCUT2D eigenvalue weighted by atomic mass is 10.1. The first-order valence-electron chi connectivity index (χ1n) is 3.70. The van der Waals surface area contributed by atoms with Crippen LogP contribution >= 0.6 is 15.9 Å². The first-order valence-corrected chi connectivity index (χ1v) is 4.49. The molecule has 70 valence electrons. The van der Waals surface area contributed by atoms with Gasteiger partial charge < -0.3 is 10.5 Å². The Balaban J connectivity index is 3.20. The number of rotatable bonds is 1. The summed E-state index contributed by atoms with van der Waals surface area (Å²) >= 11 is 3.31. The van der Waals surface area contributed by atoms with Crippen molar-refractivity contribution in [3.05, 3.63) is 27.7 Å². The van der Waals surface area contributed by atoms with E-state index in [1.54, 1.807) is 12.1 Å². The Morgan fingerprint density at radius 3 is 2.62 bits per heavy atom. The van der Waals surface area contributed by atoms with Crippen LogP contribution in [0, 0.1) is 6.92 Å².